The molecule has 0 unspecified atom stereocenters. The number of aryl methyl sites for hydroxylation is 1. The van der Waals surface area contributed by atoms with Crippen molar-refractivity contribution in [3.05, 3.63) is 35.0 Å². The molecule has 0 spiro atoms. The minimum atomic E-state index is 0.805. The zero-order valence-electron chi connectivity index (χ0n) is 11.6. The summed E-state index contributed by atoms with van der Waals surface area (Å²) in [5, 5.41) is 2.08. The lowest BCUT2D eigenvalue weighted by molar-refractivity contribution is 0.146. The van der Waals surface area contributed by atoms with Crippen molar-refractivity contribution in [3.63, 3.8) is 0 Å². The van der Waals surface area contributed by atoms with E-state index in [2.05, 4.69) is 40.6 Å². The van der Waals surface area contributed by atoms with Gasteiger partial charge in [0.1, 0.15) is 0 Å². The van der Waals surface area contributed by atoms with Crippen molar-refractivity contribution in [2.24, 2.45) is 7.05 Å². The standard InChI is InChI=1S/C15H20ClN3/c1-17-5-7-19(8-6-17)11-14-9-12-3-4-13(16)10-15(12)18(14)2/h3-4,9-10H,5-8,11H2,1-2H3. The van der Waals surface area contributed by atoms with Crippen molar-refractivity contribution in [3.8, 4) is 0 Å². The molecule has 0 atom stereocenters. The first-order valence-corrected chi connectivity index (χ1v) is 7.16. The zero-order valence-corrected chi connectivity index (χ0v) is 12.3. The van der Waals surface area contributed by atoms with Crippen molar-refractivity contribution >= 4 is 22.5 Å². The summed E-state index contributed by atoms with van der Waals surface area (Å²) in [5.74, 6) is 0. The molecule has 1 aromatic heterocycles. The van der Waals surface area contributed by atoms with Crippen molar-refractivity contribution < 1.29 is 0 Å². The van der Waals surface area contributed by atoms with Gasteiger partial charge in [0, 0.05) is 56.0 Å². The Hall–Kier alpha value is -1.03. The number of hydrogen-bond acceptors (Lipinski definition) is 2. The van der Waals surface area contributed by atoms with Crippen molar-refractivity contribution in [1.29, 1.82) is 0 Å². The molecule has 3 rings (SSSR count). The Morgan fingerprint density at radius 3 is 2.53 bits per heavy atom. The van der Waals surface area contributed by atoms with Crippen LogP contribution in [0, 0.1) is 0 Å². The lowest BCUT2D eigenvalue weighted by atomic mass is 10.2. The fraction of sp³-hybridized carbons (Fsp3) is 0.467. The molecule has 0 N–H and O–H groups in total. The SMILES string of the molecule is CN1CCN(Cc2cc3ccc(Cl)cc3n2C)CC1. The maximum Gasteiger partial charge on any atom is 0.0495 e. The lowest BCUT2D eigenvalue weighted by Crippen LogP contribution is -2.44. The molecule has 1 aliphatic rings. The van der Waals surface area contributed by atoms with E-state index in [9.17, 15) is 0 Å². The third-order valence-corrected chi connectivity index (χ3v) is 4.32. The molecule has 1 saturated heterocycles. The Morgan fingerprint density at radius 2 is 1.79 bits per heavy atom. The highest BCUT2D eigenvalue weighted by atomic mass is 35.5. The largest absolute Gasteiger partial charge is 0.346 e. The topological polar surface area (TPSA) is 11.4 Å². The number of hydrogen-bond donors (Lipinski definition) is 0. The van der Waals surface area contributed by atoms with Gasteiger partial charge in [0.2, 0.25) is 0 Å². The molecule has 2 heterocycles. The van der Waals surface area contributed by atoms with Crippen LogP contribution in [0.1, 0.15) is 5.69 Å². The van der Waals surface area contributed by atoms with Gasteiger partial charge in [0.15, 0.2) is 0 Å². The van der Waals surface area contributed by atoms with E-state index in [0.717, 1.165) is 37.7 Å². The van der Waals surface area contributed by atoms with Crippen LogP contribution in [0.5, 0.6) is 0 Å². The normalized spacial score (nSPS) is 18.3. The molecule has 0 aliphatic carbocycles. The molecule has 3 nitrogen and oxygen atoms in total. The quantitative estimate of drug-likeness (QED) is 0.836. The zero-order chi connectivity index (χ0) is 13.4. The lowest BCUT2D eigenvalue weighted by Gasteiger charge is -2.32. The summed E-state index contributed by atoms with van der Waals surface area (Å²) in [5.41, 5.74) is 2.58. The minimum Gasteiger partial charge on any atom is -0.346 e. The summed E-state index contributed by atoms with van der Waals surface area (Å²) in [6, 6.07) is 8.39. The number of fused-ring (bicyclic) bond motifs is 1. The predicted molar refractivity (Wildman–Crippen MR) is 80.7 cm³/mol. The number of rotatable bonds is 2. The summed E-state index contributed by atoms with van der Waals surface area (Å²) in [7, 11) is 4.32. The highest BCUT2D eigenvalue weighted by molar-refractivity contribution is 6.31. The number of aromatic nitrogens is 1. The molecular formula is C15H20ClN3. The van der Waals surface area contributed by atoms with Gasteiger partial charge in [-0.3, -0.25) is 4.90 Å². The number of halogens is 1. The highest BCUT2D eigenvalue weighted by Gasteiger charge is 2.16. The van der Waals surface area contributed by atoms with E-state index >= 15 is 0 Å². The van der Waals surface area contributed by atoms with Gasteiger partial charge in [-0.2, -0.15) is 0 Å². The number of piperazine rings is 1. The Labute approximate surface area is 119 Å². The molecule has 1 aromatic carbocycles. The van der Waals surface area contributed by atoms with Crippen LogP contribution < -0.4 is 0 Å². The van der Waals surface area contributed by atoms with Gasteiger partial charge < -0.3 is 9.47 Å². The molecule has 19 heavy (non-hydrogen) atoms. The summed E-state index contributed by atoms with van der Waals surface area (Å²) in [6.07, 6.45) is 0. The monoisotopic (exact) mass is 277 g/mol. The molecule has 1 aliphatic heterocycles. The second-order valence-corrected chi connectivity index (χ2v) is 5.91. The number of likely N-dealkylation sites (N-methyl/N-ethyl adjacent to an activating group) is 1. The molecule has 0 amide bonds. The second kappa shape index (κ2) is 5.16. The van der Waals surface area contributed by atoms with Crippen molar-refractivity contribution in [1.82, 2.24) is 14.4 Å². The van der Waals surface area contributed by atoms with Gasteiger partial charge in [-0.25, -0.2) is 0 Å². The van der Waals surface area contributed by atoms with E-state index < -0.39 is 0 Å². The van der Waals surface area contributed by atoms with Crippen LogP contribution in [0.3, 0.4) is 0 Å². The van der Waals surface area contributed by atoms with E-state index in [1.165, 1.54) is 16.6 Å². The first kappa shape index (κ1) is 13.0. The van der Waals surface area contributed by atoms with Gasteiger partial charge in [0.05, 0.1) is 0 Å². The van der Waals surface area contributed by atoms with E-state index in [4.69, 9.17) is 11.6 Å². The number of nitrogens with zero attached hydrogens (tertiary/aromatic N) is 3. The maximum atomic E-state index is 6.08. The van der Waals surface area contributed by atoms with E-state index in [0.29, 0.717) is 0 Å². The maximum absolute atomic E-state index is 6.08. The molecule has 102 valence electrons. The average molecular weight is 278 g/mol. The third-order valence-electron chi connectivity index (χ3n) is 4.09. The van der Waals surface area contributed by atoms with Crippen LogP contribution in [0.25, 0.3) is 10.9 Å². The first-order valence-electron chi connectivity index (χ1n) is 6.78. The Morgan fingerprint density at radius 1 is 1.05 bits per heavy atom. The van der Waals surface area contributed by atoms with Crippen LogP contribution in [0.15, 0.2) is 24.3 Å². The fourth-order valence-electron chi connectivity index (χ4n) is 2.75. The Balaban J connectivity index is 1.83. The fourth-order valence-corrected chi connectivity index (χ4v) is 2.91. The molecule has 1 fully saturated rings. The summed E-state index contributed by atoms with van der Waals surface area (Å²) >= 11 is 6.08. The third kappa shape index (κ3) is 2.64. The second-order valence-electron chi connectivity index (χ2n) is 5.48. The molecule has 2 aromatic rings. The van der Waals surface area contributed by atoms with E-state index in [1.54, 1.807) is 0 Å². The average Bonchev–Trinajstić information content (AvgIpc) is 2.70. The van der Waals surface area contributed by atoms with Crippen LogP contribution in [-0.4, -0.2) is 47.6 Å². The summed E-state index contributed by atoms with van der Waals surface area (Å²) in [4.78, 5) is 4.91. The molecule has 0 bridgehead atoms. The van der Waals surface area contributed by atoms with E-state index in [-0.39, 0.29) is 0 Å². The summed E-state index contributed by atoms with van der Waals surface area (Å²) in [6.45, 7) is 5.65. The predicted octanol–water partition coefficient (Wildman–Crippen LogP) is 2.58. The highest BCUT2D eigenvalue weighted by Crippen LogP contribution is 2.23. The van der Waals surface area contributed by atoms with Gasteiger partial charge in [0.25, 0.3) is 0 Å². The molecule has 0 radical (unpaired) electrons. The van der Waals surface area contributed by atoms with Crippen LogP contribution >= 0.6 is 11.6 Å². The van der Waals surface area contributed by atoms with Gasteiger partial charge in [-0.1, -0.05) is 17.7 Å². The van der Waals surface area contributed by atoms with Crippen LogP contribution in [0.4, 0.5) is 0 Å². The van der Waals surface area contributed by atoms with Gasteiger partial charge in [-0.15, -0.1) is 0 Å². The molecule has 0 saturated carbocycles. The summed E-state index contributed by atoms with van der Waals surface area (Å²) < 4.78 is 2.26. The van der Waals surface area contributed by atoms with Crippen molar-refractivity contribution in [2.45, 2.75) is 6.54 Å². The van der Waals surface area contributed by atoms with Crippen LogP contribution in [0.2, 0.25) is 5.02 Å². The first-order chi connectivity index (χ1) is 9.13. The Bertz CT molecular complexity index is 582. The van der Waals surface area contributed by atoms with Gasteiger partial charge >= 0.3 is 0 Å². The van der Waals surface area contributed by atoms with Crippen LogP contribution in [-0.2, 0) is 13.6 Å². The Kier molecular flexibility index (Phi) is 3.52. The minimum absolute atomic E-state index is 0.805. The smallest absolute Gasteiger partial charge is 0.0495 e. The number of benzene rings is 1. The van der Waals surface area contributed by atoms with Gasteiger partial charge in [-0.05, 0) is 30.6 Å². The molecule has 4 heteroatoms. The van der Waals surface area contributed by atoms with E-state index in [1.807, 2.05) is 12.1 Å². The van der Waals surface area contributed by atoms with Crippen molar-refractivity contribution in [2.75, 3.05) is 33.2 Å². The molecular weight excluding hydrogens is 258 g/mol.